The molecule has 0 aliphatic rings. The van der Waals surface area contributed by atoms with Gasteiger partial charge < -0.3 is 16.2 Å². The van der Waals surface area contributed by atoms with Gasteiger partial charge in [-0.3, -0.25) is 4.90 Å². The van der Waals surface area contributed by atoms with E-state index in [9.17, 15) is 4.39 Å². The normalized spacial score (nSPS) is 10.9. The van der Waals surface area contributed by atoms with Gasteiger partial charge in [-0.25, -0.2) is 4.39 Å². The van der Waals surface area contributed by atoms with Crippen LogP contribution >= 0.6 is 0 Å². The third-order valence-corrected chi connectivity index (χ3v) is 3.15. The van der Waals surface area contributed by atoms with Gasteiger partial charge in [-0.2, -0.15) is 15.0 Å². The van der Waals surface area contributed by atoms with Crippen molar-refractivity contribution in [1.82, 2.24) is 19.9 Å². The van der Waals surface area contributed by atoms with Gasteiger partial charge in [0, 0.05) is 6.54 Å². The molecule has 118 valence electrons. The summed E-state index contributed by atoms with van der Waals surface area (Å²) < 4.78 is 18.6. The van der Waals surface area contributed by atoms with Crippen LogP contribution in [0.3, 0.4) is 0 Å². The molecular weight excluding hydrogens is 287 g/mol. The summed E-state index contributed by atoms with van der Waals surface area (Å²) in [6, 6.07) is 4.88. The van der Waals surface area contributed by atoms with Crippen LogP contribution in [-0.4, -0.2) is 33.5 Å². The Kier molecular flexibility index (Phi) is 5.05. The van der Waals surface area contributed by atoms with E-state index in [1.54, 1.807) is 6.07 Å². The molecule has 0 atom stereocenters. The van der Waals surface area contributed by atoms with Crippen molar-refractivity contribution in [3.63, 3.8) is 0 Å². The Morgan fingerprint density at radius 1 is 1.14 bits per heavy atom. The molecule has 2 aromatic rings. The predicted molar refractivity (Wildman–Crippen MR) is 81.4 cm³/mol. The van der Waals surface area contributed by atoms with Crippen LogP contribution in [0.15, 0.2) is 18.2 Å². The lowest BCUT2D eigenvalue weighted by molar-refractivity contribution is 0.264. The first-order valence-corrected chi connectivity index (χ1v) is 6.82. The van der Waals surface area contributed by atoms with E-state index in [-0.39, 0.29) is 23.5 Å². The molecule has 4 N–H and O–H groups in total. The fourth-order valence-corrected chi connectivity index (χ4v) is 2.07. The number of rotatable bonds is 6. The Morgan fingerprint density at radius 3 is 2.36 bits per heavy atom. The lowest BCUT2D eigenvalue weighted by Gasteiger charge is -2.20. The van der Waals surface area contributed by atoms with E-state index in [0.29, 0.717) is 18.9 Å². The van der Waals surface area contributed by atoms with Crippen molar-refractivity contribution in [1.29, 1.82) is 0 Å². The highest BCUT2D eigenvalue weighted by atomic mass is 19.1. The smallest absolute Gasteiger partial charge is 0.225 e. The minimum atomic E-state index is -0.385. The van der Waals surface area contributed by atoms with Crippen molar-refractivity contribution in [3.8, 4) is 5.75 Å². The third kappa shape index (κ3) is 4.01. The van der Waals surface area contributed by atoms with E-state index in [2.05, 4.69) is 15.0 Å². The highest BCUT2D eigenvalue weighted by Crippen LogP contribution is 2.19. The van der Waals surface area contributed by atoms with Crippen LogP contribution in [0.5, 0.6) is 5.75 Å². The van der Waals surface area contributed by atoms with Crippen molar-refractivity contribution in [3.05, 3.63) is 35.4 Å². The molecule has 2 rings (SSSR count). The first-order chi connectivity index (χ1) is 10.5. The summed E-state index contributed by atoms with van der Waals surface area (Å²) in [5.74, 6) is 0.512. The molecule has 0 aliphatic carbocycles. The monoisotopic (exact) mass is 306 g/mol. The number of benzene rings is 1. The van der Waals surface area contributed by atoms with Gasteiger partial charge in [-0.15, -0.1) is 0 Å². The number of hydrogen-bond donors (Lipinski definition) is 2. The summed E-state index contributed by atoms with van der Waals surface area (Å²) >= 11 is 0. The molecule has 0 unspecified atom stereocenters. The Labute approximate surface area is 128 Å². The van der Waals surface area contributed by atoms with Crippen LogP contribution in [-0.2, 0) is 13.1 Å². The largest absolute Gasteiger partial charge is 0.494 e. The number of hydrogen-bond acceptors (Lipinski definition) is 7. The molecule has 0 bridgehead atoms. The third-order valence-electron chi connectivity index (χ3n) is 3.15. The molecule has 0 saturated carbocycles. The molecule has 0 saturated heterocycles. The second-order valence-electron chi connectivity index (χ2n) is 4.74. The van der Waals surface area contributed by atoms with Crippen LogP contribution in [0, 0.1) is 5.82 Å². The van der Waals surface area contributed by atoms with E-state index in [0.717, 1.165) is 12.1 Å². The summed E-state index contributed by atoms with van der Waals surface area (Å²) in [4.78, 5) is 13.9. The second kappa shape index (κ2) is 6.99. The number of methoxy groups -OCH3 is 1. The molecule has 0 amide bonds. The molecule has 0 fully saturated rings. The molecule has 1 aromatic heterocycles. The molecule has 1 heterocycles. The SMILES string of the molecule is CCN(Cc1ccc(OC)c(F)c1)Cc1nc(N)nc(N)n1. The Hall–Kier alpha value is -2.48. The van der Waals surface area contributed by atoms with Crippen LogP contribution in [0.2, 0.25) is 0 Å². The molecule has 0 spiro atoms. The maximum atomic E-state index is 13.7. The second-order valence-corrected chi connectivity index (χ2v) is 4.74. The number of nitrogen functional groups attached to an aromatic ring is 2. The van der Waals surface area contributed by atoms with Crippen molar-refractivity contribution in [2.24, 2.45) is 0 Å². The molecule has 7 nitrogen and oxygen atoms in total. The van der Waals surface area contributed by atoms with Crippen molar-refractivity contribution >= 4 is 11.9 Å². The Morgan fingerprint density at radius 2 is 1.82 bits per heavy atom. The first kappa shape index (κ1) is 15.9. The van der Waals surface area contributed by atoms with Gasteiger partial charge in [0.15, 0.2) is 11.6 Å². The summed E-state index contributed by atoms with van der Waals surface area (Å²) in [7, 11) is 1.44. The van der Waals surface area contributed by atoms with E-state index >= 15 is 0 Å². The Bertz CT molecular complexity index is 631. The molecular formula is C14H19FN6O. The highest BCUT2D eigenvalue weighted by molar-refractivity contribution is 5.29. The van der Waals surface area contributed by atoms with Crippen LogP contribution < -0.4 is 16.2 Å². The van der Waals surface area contributed by atoms with E-state index in [4.69, 9.17) is 16.2 Å². The average Bonchev–Trinajstić information content (AvgIpc) is 2.45. The van der Waals surface area contributed by atoms with Crippen molar-refractivity contribution in [2.45, 2.75) is 20.0 Å². The lowest BCUT2D eigenvalue weighted by Crippen LogP contribution is -2.24. The average molecular weight is 306 g/mol. The lowest BCUT2D eigenvalue weighted by atomic mass is 10.2. The molecule has 1 aromatic carbocycles. The number of nitrogens with zero attached hydrogens (tertiary/aromatic N) is 4. The number of halogens is 1. The zero-order chi connectivity index (χ0) is 16.1. The topological polar surface area (TPSA) is 103 Å². The quantitative estimate of drug-likeness (QED) is 0.826. The summed E-state index contributed by atoms with van der Waals surface area (Å²) in [5.41, 5.74) is 11.9. The van der Waals surface area contributed by atoms with Gasteiger partial charge in [0.2, 0.25) is 11.9 Å². The van der Waals surface area contributed by atoms with E-state index in [1.165, 1.54) is 13.2 Å². The number of aromatic nitrogens is 3. The maximum Gasteiger partial charge on any atom is 0.225 e. The van der Waals surface area contributed by atoms with Gasteiger partial charge >= 0.3 is 0 Å². The predicted octanol–water partition coefficient (Wildman–Crippen LogP) is 1.21. The fourth-order valence-electron chi connectivity index (χ4n) is 2.07. The fraction of sp³-hybridized carbons (Fsp3) is 0.357. The van der Waals surface area contributed by atoms with Gasteiger partial charge in [-0.1, -0.05) is 13.0 Å². The molecule has 0 radical (unpaired) electrons. The summed E-state index contributed by atoms with van der Waals surface area (Å²) in [5, 5.41) is 0. The summed E-state index contributed by atoms with van der Waals surface area (Å²) in [6.45, 7) is 3.72. The highest BCUT2D eigenvalue weighted by Gasteiger charge is 2.11. The van der Waals surface area contributed by atoms with Crippen LogP contribution in [0.25, 0.3) is 0 Å². The molecule has 22 heavy (non-hydrogen) atoms. The van der Waals surface area contributed by atoms with Crippen LogP contribution in [0.1, 0.15) is 18.3 Å². The zero-order valence-electron chi connectivity index (χ0n) is 12.6. The maximum absolute atomic E-state index is 13.7. The molecule has 0 aliphatic heterocycles. The minimum absolute atomic E-state index is 0.0917. The molecule has 8 heteroatoms. The standard InChI is InChI=1S/C14H19FN6O/c1-3-21(8-12-18-13(16)20-14(17)19-12)7-9-4-5-11(22-2)10(15)6-9/h4-6H,3,7-8H2,1-2H3,(H4,16,17,18,19,20). The van der Waals surface area contributed by atoms with Crippen molar-refractivity contribution in [2.75, 3.05) is 25.1 Å². The zero-order valence-corrected chi connectivity index (χ0v) is 12.6. The number of nitrogens with two attached hydrogens (primary N) is 2. The van der Waals surface area contributed by atoms with Crippen LogP contribution in [0.4, 0.5) is 16.3 Å². The Balaban J connectivity index is 2.10. The first-order valence-electron chi connectivity index (χ1n) is 6.82. The van der Waals surface area contributed by atoms with Gasteiger partial charge in [0.25, 0.3) is 0 Å². The van der Waals surface area contributed by atoms with Gasteiger partial charge in [0.05, 0.1) is 13.7 Å². The minimum Gasteiger partial charge on any atom is -0.494 e. The number of anilines is 2. The van der Waals surface area contributed by atoms with E-state index in [1.807, 2.05) is 17.9 Å². The van der Waals surface area contributed by atoms with Gasteiger partial charge in [0.1, 0.15) is 5.82 Å². The van der Waals surface area contributed by atoms with Crippen molar-refractivity contribution < 1.29 is 9.13 Å². The van der Waals surface area contributed by atoms with E-state index < -0.39 is 0 Å². The summed E-state index contributed by atoms with van der Waals surface area (Å²) in [6.07, 6.45) is 0. The number of ether oxygens (including phenoxy) is 1. The van der Waals surface area contributed by atoms with Gasteiger partial charge in [-0.05, 0) is 24.2 Å².